The van der Waals surface area contributed by atoms with E-state index in [1.54, 1.807) is 18.2 Å². The van der Waals surface area contributed by atoms with Crippen molar-refractivity contribution in [2.24, 2.45) is 0 Å². The third-order valence-electron chi connectivity index (χ3n) is 2.42. The molecule has 100 valence electrons. The molecule has 0 bridgehead atoms. The molecule has 1 N–H and O–H groups in total. The molecule has 0 spiro atoms. The van der Waals surface area contributed by atoms with E-state index in [0.29, 0.717) is 0 Å². The van der Waals surface area contributed by atoms with Crippen LogP contribution in [0.4, 0.5) is 18.9 Å². The second kappa shape index (κ2) is 5.29. The molecule has 3 nitrogen and oxygen atoms in total. The van der Waals surface area contributed by atoms with Gasteiger partial charge in [0.15, 0.2) is 0 Å². The first kappa shape index (κ1) is 14.3. The van der Waals surface area contributed by atoms with E-state index in [1.165, 1.54) is 19.1 Å². The van der Waals surface area contributed by atoms with Crippen LogP contribution in [-0.4, -0.2) is 24.3 Å². The fourth-order valence-corrected chi connectivity index (χ4v) is 1.32. The summed E-state index contributed by atoms with van der Waals surface area (Å²) in [6.07, 6.45) is -4.75. The SMILES string of the molecule is CCOC(=O)C(C)(Nc1ccccc1)C(F)(F)F. The fourth-order valence-electron chi connectivity index (χ4n) is 1.32. The van der Waals surface area contributed by atoms with Gasteiger partial charge in [0.1, 0.15) is 0 Å². The molecule has 1 unspecified atom stereocenters. The number of esters is 1. The van der Waals surface area contributed by atoms with Gasteiger partial charge in [-0.1, -0.05) is 18.2 Å². The molecule has 6 heteroatoms. The number of carbonyl (C=O) groups is 1. The van der Waals surface area contributed by atoms with Gasteiger partial charge in [-0.25, -0.2) is 4.79 Å². The van der Waals surface area contributed by atoms with E-state index in [-0.39, 0.29) is 12.3 Å². The van der Waals surface area contributed by atoms with Crippen molar-refractivity contribution in [2.45, 2.75) is 25.6 Å². The smallest absolute Gasteiger partial charge is 0.422 e. The molecule has 0 fully saturated rings. The second-order valence-corrected chi connectivity index (χ2v) is 3.83. The maximum absolute atomic E-state index is 13.0. The molecule has 0 amide bonds. The zero-order chi connectivity index (χ0) is 13.8. The minimum Gasteiger partial charge on any atom is -0.464 e. The zero-order valence-corrected chi connectivity index (χ0v) is 10.0. The molecule has 0 aliphatic carbocycles. The summed E-state index contributed by atoms with van der Waals surface area (Å²) >= 11 is 0. The van der Waals surface area contributed by atoms with Gasteiger partial charge >= 0.3 is 12.1 Å². The van der Waals surface area contributed by atoms with Crippen LogP contribution < -0.4 is 5.32 Å². The van der Waals surface area contributed by atoms with Crippen LogP contribution in [0.25, 0.3) is 0 Å². The average Bonchev–Trinajstić information content (AvgIpc) is 2.29. The summed E-state index contributed by atoms with van der Waals surface area (Å²) in [5, 5.41) is 2.18. The number of carbonyl (C=O) groups excluding carboxylic acids is 1. The Morgan fingerprint density at radius 1 is 1.28 bits per heavy atom. The Balaban J connectivity index is 3.03. The number of hydrogen-bond acceptors (Lipinski definition) is 3. The summed E-state index contributed by atoms with van der Waals surface area (Å²) in [4.78, 5) is 11.5. The molecule has 1 aromatic carbocycles. The van der Waals surface area contributed by atoms with Gasteiger partial charge in [-0.3, -0.25) is 0 Å². The van der Waals surface area contributed by atoms with Crippen LogP contribution in [0.5, 0.6) is 0 Å². The minimum absolute atomic E-state index is 0.110. The fraction of sp³-hybridized carbons (Fsp3) is 0.417. The topological polar surface area (TPSA) is 38.3 Å². The van der Waals surface area contributed by atoms with E-state index < -0.39 is 17.7 Å². The van der Waals surface area contributed by atoms with Crippen molar-refractivity contribution >= 4 is 11.7 Å². The van der Waals surface area contributed by atoms with Crippen LogP contribution in [-0.2, 0) is 9.53 Å². The first-order valence-corrected chi connectivity index (χ1v) is 5.38. The van der Waals surface area contributed by atoms with Crippen molar-refractivity contribution in [2.75, 3.05) is 11.9 Å². The molecule has 1 aromatic rings. The lowest BCUT2D eigenvalue weighted by atomic mass is 10.0. The van der Waals surface area contributed by atoms with Crippen molar-refractivity contribution in [3.63, 3.8) is 0 Å². The van der Waals surface area contributed by atoms with Gasteiger partial charge in [0.25, 0.3) is 0 Å². The highest BCUT2D eigenvalue weighted by atomic mass is 19.4. The summed E-state index contributed by atoms with van der Waals surface area (Å²) in [6, 6.07) is 7.71. The first-order chi connectivity index (χ1) is 8.31. The van der Waals surface area contributed by atoms with E-state index in [0.717, 1.165) is 6.92 Å². The minimum atomic E-state index is -4.75. The van der Waals surface area contributed by atoms with Crippen molar-refractivity contribution in [3.05, 3.63) is 30.3 Å². The number of alkyl halides is 3. The van der Waals surface area contributed by atoms with E-state index in [2.05, 4.69) is 10.1 Å². The van der Waals surface area contributed by atoms with E-state index in [4.69, 9.17) is 0 Å². The predicted octanol–water partition coefficient (Wildman–Crippen LogP) is 2.98. The van der Waals surface area contributed by atoms with Gasteiger partial charge in [-0.05, 0) is 26.0 Å². The van der Waals surface area contributed by atoms with Crippen LogP contribution in [0, 0.1) is 0 Å². The molecule has 1 atom stereocenters. The molecule has 0 saturated heterocycles. The van der Waals surface area contributed by atoms with Gasteiger partial charge < -0.3 is 10.1 Å². The summed E-state index contributed by atoms with van der Waals surface area (Å²) in [5.74, 6) is -1.35. The predicted molar refractivity (Wildman–Crippen MR) is 61.2 cm³/mol. The van der Waals surface area contributed by atoms with Crippen LogP contribution in [0.15, 0.2) is 30.3 Å². The largest absolute Gasteiger partial charge is 0.464 e. The van der Waals surface area contributed by atoms with Gasteiger partial charge in [-0.2, -0.15) is 13.2 Å². The third kappa shape index (κ3) is 2.94. The highest BCUT2D eigenvalue weighted by Gasteiger charge is 2.58. The number of nitrogens with one attached hydrogen (secondary N) is 1. The highest BCUT2D eigenvalue weighted by molar-refractivity contribution is 5.85. The Morgan fingerprint density at radius 2 is 1.83 bits per heavy atom. The maximum Gasteiger partial charge on any atom is 0.422 e. The van der Waals surface area contributed by atoms with Crippen molar-refractivity contribution in [3.8, 4) is 0 Å². The summed E-state index contributed by atoms with van der Waals surface area (Å²) in [5.41, 5.74) is -2.56. The molecule has 0 aromatic heterocycles. The normalized spacial score (nSPS) is 14.7. The monoisotopic (exact) mass is 261 g/mol. The molecule has 0 heterocycles. The van der Waals surface area contributed by atoms with Gasteiger partial charge in [0, 0.05) is 5.69 Å². The maximum atomic E-state index is 13.0. The van der Waals surface area contributed by atoms with E-state index in [9.17, 15) is 18.0 Å². The Labute approximate surface area is 103 Å². The Kier molecular flexibility index (Phi) is 4.21. The Hall–Kier alpha value is -1.72. The lowest BCUT2D eigenvalue weighted by molar-refractivity contribution is -0.196. The van der Waals surface area contributed by atoms with Gasteiger partial charge in [0.05, 0.1) is 6.61 Å². The molecule has 0 saturated carbocycles. The van der Waals surface area contributed by atoms with Crippen LogP contribution in [0.2, 0.25) is 0 Å². The molecule has 1 rings (SSSR count). The number of hydrogen-bond donors (Lipinski definition) is 1. The lowest BCUT2D eigenvalue weighted by Gasteiger charge is -2.31. The molecular weight excluding hydrogens is 247 g/mol. The molecule has 0 radical (unpaired) electrons. The summed E-state index contributed by atoms with van der Waals surface area (Å²) < 4.78 is 43.5. The molecule has 0 aliphatic rings. The van der Waals surface area contributed by atoms with Crippen LogP contribution in [0.1, 0.15) is 13.8 Å². The van der Waals surface area contributed by atoms with Crippen LogP contribution >= 0.6 is 0 Å². The lowest BCUT2D eigenvalue weighted by Crippen LogP contribution is -2.56. The quantitative estimate of drug-likeness (QED) is 0.847. The molecule has 18 heavy (non-hydrogen) atoms. The number of anilines is 1. The first-order valence-electron chi connectivity index (χ1n) is 5.38. The van der Waals surface area contributed by atoms with Crippen molar-refractivity contribution in [1.82, 2.24) is 0 Å². The van der Waals surface area contributed by atoms with E-state index >= 15 is 0 Å². The number of benzene rings is 1. The van der Waals surface area contributed by atoms with Gasteiger partial charge in [-0.15, -0.1) is 0 Å². The average molecular weight is 261 g/mol. The zero-order valence-electron chi connectivity index (χ0n) is 10.0. The number of ether oxygens (including phenoxy) is 1. The van der Waals surface area contributed by atoms with Crippen LogP contribution in [0.3, 0.4) is 0 Å². The highest BCUT2D eigenvalue weighted by Crippen LogP contribution is 2.34. The standard InChI is InChI=1S/C12H14F3NO2/c1-3-18-10(17)11(2,12(13,14)15)16-9-7-5-4-6-8-9/h4-8,16H,3H2,1-2H3. The molecular formula is C12H14F3NO2. The molecule has 0 aliphatic heterocycles. The van der Waals surface area contributed by atoms with Gasteiger partial charge in [0.2, 0.25) is 5.54 Å². The van der Waals surface area contributed by atoms with Crippen molar-refractivity contribution in [1.29, 1.82) is 0 Å². The van der Waals surface area contributed by atoms with E-state index in [1.807, 2.05) is 0 Å². The Bertz CT molecular complexity index is 406. The Morgan fingerprint density at radius 3 is 2.28 bits per heavy atom. The third-order valence-corrected chi connectivity index (χ3v) is 2.42. The van der Waals surface area contributed by atoms with Crippen molar-refractivity contribution < 1.29 is 22.7 Å². The second-order valence-electron chi connectivity index (χ2n) is 3.83. The number of para-hydroxylation sites is 1. The summed E-state index contributed by atoms with van der Waals surface area (Å²) in [6.45, 7) is 2.11. The number of halogens is 3. The summed E-state index contributed by atoms with van der Waals surface area (Å²) in [7, 11) is 0. The number of rotatable bonds is 4.